The Hall–Kier alpha value is -0.120. The van der Waals surface area contributed by atoms with Gasteiger partial charge in [-0.15, -0.1) is 0 Å². The smallest absolute Gasteiger partial charge is 0.0397 e. The molecule has 1 unspecified atom stereocenters. The zero-order chi connectivity index (χ0) is 13.9. The number of rotatable bonds is 5. The van der Waals surface area contributed by atoms with E-state index in [4.69, 9.17) is 5.84 Å². The van der Waals surface area contributed by atoms with Gasteiger partial charge in [-0.2, -0.15) is 0 Å². The zero-order valence-electron chi connectivity index (χ0n) is 13.1. The molecule has 2 rings (SSSR count). The summed E-state index contributed by atoms with van der Waals surface area (Å²) >= 11 is 0. The van der Waals surface area contributed by atoms with Crippen molar-refractivity contribution in [2.45, 2.75) is 76.3 Å². The molecule has 3 N–H and O–H groups in total. The van der Waals surface area contributed by atoms with Crippen LogP contribution in [0.25, 0.3) is 0 Å². The Balaban J connectivity index is 2.06. The summed E-state index contributed by atoms with van der Waals surface area (Å²) in [5, 5.41) is 0. The van der Waals surface area contributed by atoms with Crippen LogP contribution >= 0.6 is 0 Å². The number of hydrogen-bond acceptors (Lipinski definition) is 3. The van der Waals surface area contributed by atoms with Gasteiger partial charge in [-0.05, 0) is 58.0 Å². The van der Waals surface area contributed by atoms with Crippen LogP contribution in [0.3, 0.4) is 0 Å². The fourth-order valence-electron chi connectivity index (χ4n) is 4.39. The van der Waals surface area contributed by atoms with E-state index in [2.05, 4.69) is 31.3 Å². The van der Waals surface area contributed by atoms with Crippen LogP contribution in [0.2, 0.25) is 0 Å². The van der Waals surface area contributed by atoms with E-state index in [-0.39, 0.29) is 5.54 Å². The maximum atomic E-state index is 5.96. The Morgan fingerprint density at radius 3 is 2.21 bits per heavy atom. The average Bonchev–Trinajstić information content (AvgIpc) is 2.90. The molecule has 2 aliphatic carbocycles. The SMILES string of the molecule is CC1CCC(C(CC2CCCC2)NN)(N(C)C)CC1. The molecule has 19 heavy (non-hydrogen) atoms. The Morgan fingerprint density at radius 2 is 1.74 bits per heavy atom. The fraction of sp³-hybridized carbons (Fsp3) is 1.00. The van der Waals surface area contributed by atoms with E-state index in [1.807, 2.05) is 0 Å². The van der Waals surface area contributed by atoms with Gasteiger partial charge in [0.05, 0.1) is 0 Å². The molecule has 0 bridgehead atoms. The maximum absolute atomic E-state index is 5.96. The average molecular weight is 267 g/mol. The molecule has 0 radical (unpaired) electrons. The second kappa shape index (κ2) is 6.55. The molecule has 2 aliphatic rings. The van der Waals surface area contributed by atoms with E-state index >= 15 is 0 Å². The van der Waals surface area contributed by atoms with Gasteiger partial charge in [0.2, 0.25) is 0 Å². The molecular weight excluding hydrogens is 234 g/mol. The van der Waals surface area contributed by atoms with E-state index < -0.39 is 0 Å². The molecule has 1 atom stereocenters. The molecular formula is C16H33N3. The highest BCUT2D eigenvalue weighted by Gasteiger charge is 2.43. The van der Waals surface area contributed by atoms with Crippen molar-refractivity contribution in [1.82, 2.24) is 10.3 Å². The minimum Gasteiger partial charge on any atom is -0.302 e. The van der Waals surface area contributed by atoms with E-state index in [1.165, 1.54) is 57.8 Å². The molecule has 2 fully saturated rings. The highest BCUT2D eigenvalue weighted by molar-refractivity contribution is 5.01. The van der Waals surface area contributed by atoms with Crippen molar-refractivity contribution in [3.63, 3.8) is 0 Å². The van der Waals surface area contributed by atoms with Crippen LogP contribution in [0.4, 0.5) is 0 Å². The highest BCUT2D eigenvalue weighted by atomic mass is 15.3. The number of nitrogens with two attached hydrogens (primary N) is 1. The predicted octanol–water partition coefficient (Wildman–Crippen LogP) is 2.91. The monoisotopic (exact) mass is 267 g/mol. The molecule has 0 aromatic heterocycles. The lowest BCUT2D eigenvalue weighted by Crippen LogP contribution is -2.62. The lowest BCUT2D eigenvalue weighted by molar-refractivity contribution is 0.0346. The Labute approximate surface area is 119 Å². The van der Waals surface area contributed by atoms with Gasteiger partial charge < -0.3 is 4.90 Å². The molecule has 0 aliphatic heterocycles. The predicted molar refractivity (Wildman–Crippen MR) is 81.7 cm³/mol. The lowest BCUT2D eigenvalue weighted by Gasteiger charge is -2.50. The summed E-state index contributed by atoms with van der Waals surface area (Å²) in [6.07, 6.45) is 12.2. The molecule has 3 nitrogen and oxygen atoms in total. The lowest BCUT2D eigenvalue weighted by atomic mass is 9.70. The van der Waals surface area contributed by atoms with E-state index in [0.717, 1.165) is 11.8 Å². The van der Waals surface area contributed by atoms with Crippen LogP contribution in [-0.2, 0) is 0 Å². The molecule has 0 heterocycles. The summed E-state index contributed by atoms with van der Waals surface area (Å²) in [5.74, 6) is 7.75. The van der Waals surface area contributed by atoms with Gasteiger partial charge in [0.15, 0.2) is 0 Å². The quantitative estimate of drug-likeness (QED) is 0.594. The van der Waals surface area contributed by atoms with Gasteiger partial charge in [-0.1, -0.05) is 32.6 Å². The van der Waals surface area contributed by atoms with Crippen LogP contribution in [0.15, 0.2) is 0 Å². The maximum Gasteiger partial charge on any atom is 0.0397 e. The van der Waals surface area contributed by atoms with E-state index in [0.29, 0.717) is 6.04 Å². The second-order valence-electron chi connectivity index (χ2n) is 7.29. The summed E-state index contributed by atoms with van der Waals surface area (Å²) in [4.78, 5) is 2.46. The van der Waals surface area contributed by atoms with Crippen LogP contribution in [-0.4, -0.2) is 30.6 Å². The third-order valence-electron chi connectivity index (χ3n) is 5.92. The Bertz CT molecular complexity index is 263. The van der Waals surface area contributed by atoms with Crippen molar-refractivity contribution in [2.24, 2.45) is 17.7 Å². The molecule has 3 heteroatoms. The van der Waals surface area contributed by atoms with Crippen molar-refractivity contribution in [3.8, 4) is 0 Å². The standard InChI is InChI=1S/C16H33N3/c1-13-8-10-16(11-9-13,19(2)3)15(18-17)12-14-6-4-5-7-14/h13-15,18H,4-12,17H2,1-3H3. The first-order valence-corrected chi connectivity index (χ1v) is 8.22. The van der Waals surface area contributed by atoms with Crippen molar-refractivity contribution in [3.05, 3.63) is 0 Å². The van der Waals surface area contributed by atoms with Crippen molar-refractivity contribution >= 4 is 0 Å². The summed E-state index contributed by atoms with van der Waals surface area (Å²) in [6.45, 7) is 2.39. The summed E-state index contributed by atoms with van der Waals surface area (Å²) in [6, 6.07) is 0.457. The topological polar surface area (TPSA) is 41.3 Å². The Morgan fingerprint density at radius 1 is 1.16 bits per heavy atom. The first-order valence-electron chi connectivity index (χ1n) is 8.22. The first-order chi connectivity index (χ1) is 9.08. The molecule has 2 saturated carbocycles. The van der Waals surface area contributed by atoms with Gasteiger partial charge in [-0.3, -0.25) is 11.3 Å². The van der Waals surface area contributed by atoms with E-state index in [9.17, 15) is 0 Å². The highest BCUT2D eigenvalue weighted by Crippen LogP contribution is 2.41. The van der Waals surface area contributed by atoms with Crippen LogP contribution in [0.1, 0.15) is 64.7 Å². The van der Waals surface area contributed by atoms with Gasteiger partial charge in [-0.25, -0.2) is 0 Å². The van der Waals surface area contributed by atoms with Gasteiger partial charge in [0, 0.05) is 11.6 Å². The van der Waals surface area contributed by atoms with Gasteiger partial charge in [0.1, 0.15) is 0 Å². The van der Waals surface area contributed by atoms with Crippen LogP contribution in [0, 0.1) is 11.8 Å². The first kappa shape index (κ1) is 15.3. The molecule has 0 aromatic rings. The third kappa shape index (κ3) is 3.32. The van der Waals surface area contributed by atoms with Crippen LogP contribution < -0.4 is 11.3 Å². The van der Waals surface area contributed by atoms with Crippen LogP contribution in [0.5, 0.6) is 0 Å². The zero-order valence-corrected chi connectivity index (χ0v) is 13.1. The molecule has 0 amide bonds. The molecule has 0 aromatic carbocycles. The number of nitrogens with one attached hydrogen (secondary N) is 1. The third-order valence-corrected chi connectivity index (χ3v) is 5.92. The minimum absolute atomic E-state index is 0.282. The minimum atomic E-state index is 0.282. The van der Waals surface area contributed by atoms with Crippen molar-refractivity contribution < 1.29 is 0 Å². The normalized spacial score (nSPS) is 34.9. The largest absolute Gasteiger partial charge is 0.302 e. The Kier molecular flexibility index (Phi) is 5.27. The van der Waals surface area contributed by atoms with Gasteiger partial charge in [0.25, 0.3) is 0 Å². The van der Waals surface area contributed by atoms with E-state index in [1.54, 1.807) is 0 Å². The molecule has 0 saturated heterocycles. The number of likely N-dealkylation sites (N-methyl/N-ethyl adjacent to an activating group) is 1. The fourth-order valence-corrected chi connectivity index (χ4v) is 4.39. The molecule has 112 valence electrons. The van der Waals surface area contributed by atoms with Crippen molar-refractivity contribution in [1.29, 1.82) is 0 Å². The molecule has 0 spiro atoms. The van der Waals surface area contributed by atoms with Gasteiger partial charge >= 0.3 is 0 Å². The number of hydrazine groups is 1. The second-order valence-corrected chi connectivity index (χ2v) is 7.29. The summed E-state index contributed by atoms with van der Waals surface area (Å²) in [5.41, 5.74) is 3.48. The number of hydrogen-bond donors (Lipinski definition) is 2. The summed E-state index contributed by atoms with van der Waals surface area (Å²) < 4.78 is 0. The van der Waals surface area contributed by atoms with Crippen molar-refractivity contribution in [2.75, 3.05) is 14.1 Å². The number of nitrogens with zero attached hydrogens (tertiary/aromatic N) is 1. The summed E-state index contributed by atoms with van der Waals surface area (Å²) in [7, 11) is 4.49.